The number of piperidine rings is 1. The van der Waals surface area contributed by atoms with E-state index in [1.807, 2.05) is 0 Å². The second-order valence-electron chi connectivity index (χ2n) is 7.57. The van der Waals surface area contributed by atoms with E-state index in [4.69, 9.17) is 0 Å². The van der Waals surface area contributed by atoms with Gasteiger partial charge in [0.25, 0.3) is 0 Å². The SMILES string of the molecule is O=C(Nc1nnc(N2CCC(N3CC[C@H](F)C3)CC2)s1)NC1CCCC1. The van der Waals surface area contributed by atoms with Crippen LogP contribution >= 0.6 is 11.3 Å². The summed E-state index contributed by atoms with van der Waals surface area (Å²) in [5.74, 6) is 0. The van der Waals surface area contributed by atoms with Crippen LogP contribution in [0.1, 0.15) is 44.9 Å². The highest BCUT2D eigenvalue weighted by Gasteiger charge is 2.31. The van der Waals surface area contributed by atoms with Crippen LogP contribution in [-0.4, -0.2) is 65.6 Å². The smallest absolute Gasteiger partial charge is 0.321 e. The molecule has 3 aliphatic rings. The summed E-state index contributed by atoms with van der Waals surface area (Å²) in [6.45, 7) is 3.28. The van der Waals surface area contributed by atoms with Gasteiger partial charge in [-0.1, -0.05) is 24.2 Å². The van der Waals surface area contributed by atoms with E-state index in [9.17, 15) is 9.18 Å². The van der Waals surface area contributed by atoms with Gasteiger partial charge in [-0.25, -0.2) is 9.18 Å². The molecule has 0 unspecified atom stereocenters. The van der Waals surface area contributed by atoms with Crippen LogP contribution in [0.25, 0.3) is 0 Å². The second kappa shape index (κ2) is 8.04. The molecular weight excluding hydrogens is 355 g/mol. The molecule has 2 aliphatic heterocycles. The van der Waals surface area contributed by atoms with E-state index in [2.05, 4.69) is 30.6 Å². The summed E-state index contributed by atoms with van der Waals surface area (Å²) >= 11 is 1.42. The van der Waals surface area contributed by atoms with Crippen molar-refractivity contribution >= 4 is 27.6 Å². The fourth-order valence-corrected chi connectivity index (χ4v) is 5.07. The number of rotatable bonds is 4. The van der Waals surface area contributed by atoms with E-state index in [1.165, 1.54) is 24.2 Å². The van der Waals surface area contributed by atoms with Gasteiger partial charge in [0.1, 0.15) is 6.17 Å². The summed E-state index contributed by atoms with van der Waals surface area (Å²) in [5, 5.41) is 15.5. The summed E-state index contributed by atoms with van der Waals surface area (Å²) in [6, 6.07) is 0.582. The third-order valence-corrected chi connectivity index (χ3v) is 6.64. The van der Waals surface area contributed by atoms with E-state index in [0.717, 1.165) is 50.4 Å². The van der Waals surface area contributed by atoms with E-state index >= 15 is 0 Å². The number of carbonyl (C=O) groups excluding carboxylic acids is 1. The second-order valence-corrected chi connectivity index (χ2v) is 8.52. The molecule has 1 aromatic heterocycles. The number of alkyl halides is 1. The average Bonchev–Trinajstić information content (AvgIpc) is 3.38. The van der Waals surface area contributed by atoms with Gasteiger partial charge in [0.2, 0.25) is 10.3 Å². The standard InChI is InChI=1S/C17H27FN6OS/c18-12-5-8-24(11-12)14-6-9-23(10-7-14)17-22-21-16(26-17)20-15(25)19-13-3-1-2-4-13/h12-14H,1-11H2,(H2,19,20,21,25)/t12-/m0/s1. The number of hydrogen-bond donors (Lipinski definition) is 2. The Morgan fingerprint density at radius 1 is 1.08 bits per heavy atom. The van der Waals surface area contributed by atoms with E-state index in [1.54, 1.807) is 0 Å². The van der Waals surface area contributed by atoms with Crippen LogP contribution in [0.4, 0.5) is 19.4 Å². The summed E-state index contributed by atoms with van der Waals surface area (Å²) in [7, 11) is 0. The Morgan fingerprint density at radius 3 is 2.54 bits per heavy atom. The molecule has 4 rings (SSSR count). The number of likely N-dealkylation sites (tertiary alicyclic amines) is 1. The minimum Gasteiger partial charge on any atom is -0.346 e. The first-order valence-corrected chi connectivity index (χ1v) is 10.5. The molecular formula is C17H27FN6OS. The highest BCUT2D eigenvalue weighted by molar-refractivity contribution is 7.19. The van der Waals surface area contributed by atoms with Crippen LogP contribution in [0.3, 0.4) is 0 Å². The van der Waals surface area contributed by atoms with E-state index in [-0.39, 0.29) is 12.1 Å². The van der Waals surface area contributed by atoms with Gasteiger partial charge >= 0.3 is 6.03 Å². The molecule has 0 aromatic carbocycles. The van der Waals surface area contributed by atoms with Crippen molar-refractivity contribution in [2.75, 3.05) is 36.4 Å². The largest absolute Gasteiger partial charge is 0.346 e. The average molecular weight is 383 g/mol. The van der Waals surface area contributed by atoms with Gasteiger partial charge < -0.3 is 10.2 Å². The number of aromatic nitrogens is 2. The quantitative estimate of drug-likeness (QED) is 0.837. The molecule has 2 amide bonds. The summed E-state index contributed by atoms with van der Waals surface area (Å²) in [6.07, 6.45) is 6.57. The molecule has 7 nitrogen and oxygen atoms in total. The third kappa shape index (κ3) is 4.25. The number of amides is 2. The van der Waals surface area contributed by atoms with E-state index < -0.39 is 6.17 Å². The third-order valence-electron chi connectivity index (χ3n) is 5.74. The maximum atomic E-state index is 13.4. The molecule has 9 heteroatoms. The monoisotopic (exact) mass is 382 g/mol. The normalized spacial score (nSPS) is 25.7. The van der Waals surface area contributed by atoms with Crippen molar-refractivity contribution < 1.29 is 9.18 Å². The van der Waals surface area contributed by atoms with Gasteiger partial charge in [-0.2, -0.15) is 0 Å². The zero-order valence-corrected chi connectivity index (χ0v) is 15.8. The van der Waals surface area contributed by atoms with Crippen LogP contribution in [0.5, 0.6) is 0 Å². The molecule has 2 N–H and O–H groups in total. The van der Waals surface area contributed by atoms with Gasteiger partial charge in [0.05, 0.1) is 0 Å². The van der Waals surface area contributed by atoms with Gasteiger partial charge in [0, 0.05) is 38.3 Å². The molecule has 144 valence electrons. The van der Waals surface area contributed by atoms with Crippen molar-refractivity contribution in [1.29, 1.82) is 0 Å². The van der Waals surface area contributed by atoms with Gasteiger partial charge in [-0.05, 0) is 32.1 Å². The predicted octanol–water partition coefficient (Wildman–Crippen LogP) is 2.61. The molecule has 0 bridgehead atoms. The lowest BCUT2D eigenvalue weighted by Crippen LogP contribution is -2.44. The Balaban J connectivity index is 1.25. The maximum absolute atomic E-state index is 13.4. The number of urea groups is 1. The first kappa shape index (κ1) is 17.9. The fourth-order valence-electron chi connectivity index (χ4n) is 4.28. The minimum absolute atomic E-state index is 0.187. The summed E-state index contributed by atoms with van der Waals surface area (Å²) in [5.41, 5.74) is 0. The van der Waals surface area contributed by atoms with Gasteiger partial charge in [0.15, 0.2) is 0 Å². The highest BCUT2D eigenvalue weighted by atomic mass is 32.1. The Morgan fingerprint density at radius 2 is 1.85 bits per heavy atom. The number of nitrogens with zero attached hydrogens (tertiary/aromatic N) is 4. The number of hydrogen-bond acceptors (Lipinski definition) is 6. The Kier molecular flexibility index (Phi) is 5.54. The molecule has 3 fully saturated rings. The molecule has 1 aliphatic carbocycles. The molecule has 1 aromatic rings. The minimum atomic E-state index is -0.653. The summed E-state index contributed by atoms with van der Waals surface area (Å²) < 4.78 is 13.4. The first-order valence-electron chi connectivity index (χ1n) is 9.71. The molecule has 2 saturated heterocycles. The number of nitrogens with one attached hydrogen (secondary N) is 2. The van der Waals surface area contributed by atoms with Gasteiger partial charge in [-0.15, -0.1) is 10.2 Å². The van der Waals surface area contributed by atoms with Crippen LogP contribution in [0.2, 0.25) is 0 Å². The molecule has 0 spiro atoms. The topological polar surface area (TPSA) is 73.4 Å². The van der Waals surface area contributed by atoms with Crippen LogP contribution < -0.4 is 15.5 Å². The lowest BCUT2D eigenvalue weighted by atomic mass is 10.0. The van der Waals surface area contributed by atoms with Crippen molar-refractivity contribution in [2.45, 2.75) is 63.2 Å². The molecule has 3 heterocycles. The van der Waals surface area contributed by atoms with Crippen molar-refractivity contribution in [3.63, 3.8) is 0 Å². The zero-order valence-electron chi connectivity index (χ0n) is 15.0. The maximum Gasteiger partial charge on any atom is 0.321 e. The van der Waals surface area contributed by atoms with E-state index in [0.29, 0.717) is 24.1 Å². The molecule has 1 atom stereocenters. The van der Waals surface area contributed by atoms with Crippen molar-refractivity contribution in [3.05, 3.63) is 0 Å². The molecule has 1 saturated carbocycles. The van der Waals surface area contributed by atoms with Gasteiger partial charge in [-0.3, -0.25) is 10.2 Å². The Labute approximate surface area is 157 Å². The molecule has 26 heavy (non-hydrogen) atoms. The molecule has 0 radical (unpaired) electrons. The van der Waals surface area contributed by atoms with Crippen LogP contribution in [0.15, 0.2) is 0 Å². The van der Waals surface area contributed by atoms with Crippen LogP contribution in [0, 0.1) is 0 Å². The predicted molar refractivity (Wildman–Crippen MR) is 101 cm³/mol. The van der Waals surface area contributed by atoms with Crippen molar-refractivity contribution in [3.8, 4) is 0 Å². The summed E-state index contributed by atoms with van der Waals surface area (Å²) in [4.78, 5) is 16.6. The lowest BCUT2D eigenvalue weighted by Gasteiger charge is -2.36. The van der Waals surface area contributed by atoms with Crippen LogP contribution in [-0.2, 0) is 0 Å². The Hall–Kier alpha value is -1.48. The first-order chi connectivity index (χ1) is 12.7. The van der Waals surface area contributed by atoms with Crippen molar-refractivity contribution in [2.24, 2.45) is 0 Å². The highest BCUT2D eigenvalue weighted by Crippen LogP contribution is 2.29. The lowest BCUT2D eigenvalue weighted by molar-refractivity contribution is 0.192. The fraction of sp³-hybridized carbons (Fsp3) is 0.824. The number of carbonyl (C=O) groups is 1. The number of anilines is 2. The Bertz CT molecular complexity index is 614. The zero-order chi connectivity index (χ0) is 17.9. The number of halogens is 1. The van der Waals surface area contributed by atoms with Crippen molar-refractivity contribution in [1.82, 2.24) is 20.4 Å².